The summed E-state index contributed by atoms with van der Waals surface area (Å²) in [4.78, 5) is 12.5. The van der Waals surface area contributed by atoms with Crippen LogP contribution in [0.2, 0.25) is 0 Å². The van der Waals surface area contributed by atoms with Gasteiger partial charge in [0.15, 0.2) is 5.78 Å². The highest BCUT2D eigenvalue weighted by Gasteiger charge is 2.48. The molecule has 0 unspecified atom stereocenters. The summed E-state index contributed by atoms with van der Waals surface area (Å²) >= 11 is 0. The molecule has 2 heteroatoms. The Balaban J connectivity index is 2.18. The van der Waals surface area contributed by atoms with E-state index in [4.69, 9.17) is 4.74 Å². The minimum Gasteiger partial charge on any atom is -0.497 e. The van der Waals surface area contributed by atoms with Crippen molar-refractivity contribution in [2.75, 3.05) is 7.11 Å². The van der Waals surface area contributed by atoms with E-state index in [2.05, 4.69) is 19.9 Å². The van der Waals surface area contributed by atoms with Crippen molar-refractivity contribution in [3.05, 3.63) is 29.3 Å². The molecule has 0 N–H and O–H groups in total. The number of carbonyl (C=O) groups excluding carboxylic acids is 1. The Hall–Kier alpha value is -1.31. The van der Waals surface area contributed by atoms with Crippen LogP contribution in [0.4, 0.5) is 0 Å². The van der Waals surface area contributed by atoms with E-state index in [9.17, 15) is 4.79 Å². The van der Waals surface area contributed by atoms with Crippen LogP contribution in [0.1, 0.15) is 49.0 Å². The fourth-order valence-electron chi connectivity index (χ4n) is 3.94. The monoisotopic (exact) mass is 244 g/mol. The van der Waals surface area contributed by atoms with E-state index in [0.717, 1.165) is 17.7 Å². The van der Waals surface area contributed by atoms with E-state index in [1.54, 1.807) is 7.11 Å². The first kappa shape index (κ1) is 11.8. The van der Waals surface area contributed by atoms with Crippen LogP contribution in [0, 0.1) is 11.8 Å². The summed E-state index contributed by atoms with van der Waals surface area (Å²) in [6.07, 6.45) is 3.44. The molecule has 0 saturated heterocycles. The first-order valence-electron chi connectivity index (χ1n) is 6.78. The van der Waals surface area contributed by atoms with Crippen LogP contribution in [0.5, 0.6) is 5.75 Å². The number of carbonyl (C=O) groups is 1. The standard InChI is InChI=1S/C16H20O2/c1-16(2)13-6-4-5-11(13)15(17)12-8-7-10(18-3)9-14(12)16/h7-9,11,13H,4-6H2,1-3H3/t11-,13-/m1/s1. The maximum absolute atomic E-state index is 12.5. The molecule has 0 aliphatic heterocycles. The van der Waals surface area contributed by atoms with Gasteiger partial charge in [-0.05, 0) is 47.9 Å². The normalized spacial score (nSPS) is 28.7. The molecule has 1 fully saturated rings. The van der Waals surface area contributed by atoms with Gasteiger partial charge >= 0.3 is 0 Å². The quantitative estimate of drug-likeness (QED) is 0.754. The van der Waals surface area contributed by atoms with E-state index < -0.39 is 0 Å². The zero-order chi connectivity index (χ0) is 12.9. The Morgan fingerprint density at radius 1 is 1.28 bits per heavy atom. The van der Waals surface area contributed by atoms with Crippen LogP contribution >= 0.6 is 0 Å². The molecule has 0 bridgehead atoms. The summed E-state index contributed by atoms with van der Waals surface area (Å²) in [7, 11) is 1.68. The van der Waals surface area contributed by atoms with Crippen molar-refractivity contribution in [1.82, 2.24) is 0 Å². The van der Waals surface area contributed by atoms with Crippen LogP contribution in [0.3, 0.4) is 0 Å². The lowest BCUT2D eigenvalue weighted by Gasteiger charge is -2.41. The van der Waals surface area contributed by atoms with Crippen LogP contribution in [0.15, 0.2) is 18.2 Å². The molecular weight excluding hydrogens is 224 g/mol. The SMILES string of the molecule is COc1ccc2c(c1)C(C)(C)[C@@H]1CCC[C@H]1C2=O. The number of hydrogen-bond acceptors (Lipinski definition) is 2. The first-order chi connectivity index (χ1) is 8.55. The lowest BCUT2D eigenvalue weighted by Crippen LogP contribution is -2.41. The molecule has 2 aliphatic rings. The topological polar surface area (TPSA) is 26.3 Å². The lowest BCUT2D eigenvalue weighted by atomic mass is 9.61. The number of ether oxygens (including phenoxy) is 1. The average molecular weight is 244 g/mol. The van der Waals surface area contributed by atoms with Gasteiger partial charge in [0.1, 0.15) is 5.75 Å². The molecule has 96 valence electrons. The zero-order valence-corrected chi connectivity index (χ0v) is 11.3. The highest BCUT2D eigenvalue weighted by Crippen LogP contribution is 2.51. The van der Waals surface area contributed by atoms with Crippen molar-refractivity contribution in [1.29, 1.82) is 0 Å². The minimum absolute atomic E-state index is 0.0823. The van der Waals surface area contributed by atoms with Crippen LogP contribution < -0.4 is 4.74 Å². The number of Topliss-reactive ketones (excluding diaryl/α,β-unsaturated/α-hetero) is 1. The van der Waals surface area contributed by atoms with Gasteiger partial charge in [-0.1, -0.05) is 20.3 Å². The number of fused-ring (bicyclic) bond motifs is 2. The second kappa shape index (κ2) is 3.84. The van der Waals surface area contributed by atoms with Crippen molar-refractivity contribution in [2.24, 2.45) is 11.8 Å². The molecule has 1 saturated carbocycles. The molecule has 0 amide bonds. The molecule has 2 nitrogen and oxygen atoms in total. The molecule has 0 aromatic heterocycles. The van der Waals surface area contributed by atoms with Gasteiger partial charge in [-0.25, -0.2) is 0 Å². The van der Waals surface area contributed by atoms with Crippen LogP contribution in [0.25, 0.3) is 0 Å². The van der Waals surface area contributed by atoms with Gasteiger partial charge in [-0.3, -0.25) is 4.79 Å². The van der Waals surface area contributed by atoms with E-state index in [-0.39, 0.29) is 11.3 Å². The van der Waals surface area contributed by atoms with Gasteiger partial charge in [-0.15, -0.1) is 0 Å². The second-order valence-electron chi connectivity index (χ2n) is 6.14. The van der Waals surface area contributed by atoms with Gasteiger partial charge in [0.05, 0.1) is 7.11 Å². The van der Waals surface area contributed by atoms with Crippen molar-refractivity contribution >= 4 is 5.78 Å². The van der Waals surface area contributed by atoms with Crippen molar-refractivity contribution in [3.8, 4) is 5.75 Å². The highest BCUT2D eigenvalue weighted by molar-refractivity contribution is 6.01. The number of rotatable bonds is 1. The first-order valence-corrected chi connectivity index (χ1v) is 6.78. The molecule has 0 spiro atoms. The highest BCUT2D eigenvalue weighted by atomic mass is 16.5. The molecule has 1 aromatic carbocycles. The molecule has 3 rings (SSSR count). The molecular formula is C16H20O2. The third-order valence-corrected chi connectivity index (χ3v) is 4.97. The zero-order valence-electron chi connectivity index (χ0n) is 11.3. The van der Waals surface area contributed by atoms with Gasteiger partial charge in [-0.2, -0.15) is 0 Å². The van der Waals surface area contributed by atoms with Crippen LogP contribution in [-0.4, -0.2) is 12.9 Å². The van der Waals surface area contributed by atoms with E-state index in [0.29, 0.717) is 11.7 Å². The van der Waals surface area contributed by atoms with Crippen LogP contribution in [-0.2, 0) is 5.41 Å². The summed E-state index contributed by atoms with van der Waals surface area (Å²) in [6, 6.07) is 5.91. The summed E-state index contributed by atoms with van der Waals surface area (Å²) < 4.78 is 5.31. The maximum Gasteiger partial charge on any atom is 0.166 e. The predicted molar refractivity (Wildman–Crippen MR) is 71.2 cm³/mol. The molecule has 0 radical (unpaired) electrons. The fraction of sp³-hybridized carbons (Fsp3) is 0.562. The molecule has 2 atom stereocenters. The molecule has 2 aliphatic carbocycles. The van der Waals surface area contributed by atoms with Gasteiger partial charge in [0.2, 0.25) is 0 Å². The van der Waals surface area contributed by atoms with Crippen molar-refractivity contribution in [2.45, 2.75) is 38.5 Å². The Morgan fingerprint density at radius 3 is 2.78 bits per heavy atom. The molecule has 0 heterocycles. The maximum atomic E-state index is 12.5. The average Bonchev–Trinajstić information content (AvgIpc) is 2.86. The summed E-state index contributed by atoms with van der Waals surface area (Å²) in [5, 5.41) is 0. The Bertz CT molecular complexity index is 502. The lowest BCUT2D eigenvalue weighted by molar-refractivity contribution is 0.0817. The largest absolute Gasteiger partial charge is 0.497 e. The van der Waals surface area contributed by atoms with Gasteiger partial charge in [0, 0.05) is 11.5 Å². The number of benzene rings is 1. The second-order valence-corrected chi connectivity index (χ2v) is 6.14. The predicted octanol–water partition coefficient (Wildman–Crippen LogP) is 3.59. The van der Waals surface area contributed by atoms with E-state index in [1.165, 1.54) is 18.4 Å². The third kappa shape index (κ3) is 1.44. The third-order valence-electron chi connectivity index (χ3n) is 4.97. The molecule has 1 aromatic rings. The summed E-state index contributed by atoms with van der Waals surface area (Å²) in [5.41, 5.74) is 2.18. The minimum atomic E-state index is 0.0823. The van der Waals surface area contributed by atoms with Gasteiger partial charge < -0.3 is 4.74 Å². The Kier molecular flexibility index (Phi) is 2.51. The van der Waals surface area contributed by atoms with E-state index in [1.807, 2.05) is 12.1 Å². The Morgan fingerprint density at radius 2 is 2.06 bits per heavy atom. The number of hydrogen-bond donors (Lipinski definition) is 0. The van der Waals surface area contributed by atoms with E-state index >= 15 is 0 Å². The number of ketones is 1. The van der Waals surface area contributed by atoms with Gasteiger partial charge in [0.25, 0.3) is 0 Å². The smallest absolute Gasteiger partial charge is 0.166 e. The number of methoxy groups -OCH3 is 1. The molecule has 18 heavy (non-hydrogen) atoms. The summed E-state index contributed by atoms with van der Waals surface area (Å²) in [6.45, 7) is 4.56. The van der Waals surface area contributed by atoms with Crippen molar-refractivity contribution < 1.29 is 9.53 Å². The fourth-order valence-corrected chi connectivity index (χ4v) is 3.94. The summed E-state index contributed by atoms with van der Waals surface area (Å²) in [5.74, 6) is 1.96. The Labute approximate surface area is 108 Å². The van der Waals surface area contributed by atoms with Crippen molar-refractivity contribution in [3.63, 3.8) is 0 Å².